The van der Waals surface area contributed by atoms with Crippen LogP contribution >= 0.6 is 11.6 Å². The summed E-state index contributed by atoms with van der Waals surface area (Å²) in [6, 6.07) is 20.5. The molecule has 1 aliphatic rings. The van der Waals surface area contributed by atoms with Crippen LogP contribution in [-0.2, 0) is 9.59 Å². The minimum Gasteiger partial charge on any atom is -0.336 e. The van der Waals surface area contributed by atoms with Crippen molar-refractivity contribution in [2.75, 3.05) is 17.7 Å². The Morgan fingerprint density at radius 1 is 1.10 bits per heavy atom. The third kappa shape index (κ3) is 5.35. The molecule has 2 aromatic carbocycles. The maximum atomic E-state index is 13.1. The predicted octanol–water partition coefficient (Wildman–Crippen LogP) is 4.26. The number of benzene rings is 2. The molecule has 0 bridgehead atoms. The summed E-state index contributed by atoms with van der Waals surface area (Å²) >= 11 is 5.94. The van der Waals surface area contributed by atoms with Crippen LogP contribution in [0.15, 0.2) is 77.7 Å². The molecule has 0 aliphatic carbocycles. The topological polar surface area (TPSA) is 144 Å². The molecule has 11 heteroatoms. The second kappa shape index (κ2) is 10.8. The van der Waals surface area contributed by atoms with E-state index in [1.165, 1.54) is 4.90 Å². The van der Waals surface area contributed by atoms with Gasteiger partial charge in [0.15, 0.2) is 0 Å². The van der Waals surface area contributed by atoms with Gasteiger partial charge in [0.1, 0.15) is 17.6 Å². The highest BCUT2D eigenvalue weighted by Crippen LogP contribution is 2.35. The maximum Gasteiger partial charge on any atom is 0.270 e. The van der Waals surface area contributed by atoms with Gasteiger partial charge in [-0.25, -0.2) is 4.98 Å². The molecule has 0 saturated carbocycles. The average Bonchev–Trinajstić information content (AvgIpc) is 3.24. The number of hydrogen-bond donors (Lipinski definition) is 3. The highest BCUT2D eigenvalue weighted by Gasteiger charge is 2.42. The monoisotopic (exact) mass is 539 g/mol. The molecule has 1 unspecified atom stereocenters. The first-order valence-electron chi connectivity index (χ1n) is 12.0. The fraction of sp³-hybridized carbons (Fsp3) is 0.143. The molecule has 39 heavy (non-hydrogen) atoms. The van der Waals surface area contributed by atoms with E-state index in [0.29, 0.717) is 28.4 Å². The number of rotatable bonds is 6. The maximum absolute atomic E-state index is 13.1. The van der Waals surface area contributed by atoms with Crippen molar-refractivity contribution < 1.29 is 9.59 Å². The van der Waals surface area contributed by atoms with Gasteiger partial charge in [-0.3, -0.25) is 24.4 Å². The number of hydrogen-bond acceptors (Lipinski definition) is 7. The van der Waals surface area contributed by atoms with Crippen molar-refractivity contribution in [3.63, 3.8) is 0 Å². The summed E-state index contributed by atoms with van der Waals surface area (Å²) in [4.78, 5) is 51.6. The SMILES string of the molecule is CN1C(=O)C(C(=O)Nc2cccc(-c3nc(Nc4ccc(Cl)cc4)[nH]c(=O)c3C#N)c2)C[C@H]1c1ccccn1. The van der Waals surface area contributed by atoms with Crippen LogP contribution in [0.3, 0.4) is 0 Å². The van der Waals surface area contributed by atoms with Gasteiger partial charge in [0.2, 0.25) is 17.8 Å². The standard InChI is InChI=1S/C28H22ClN7O3/c1-36-23(22-7-2-3-12-31-22)14-20(27(36)39)25(37)32-19-6-4-5-16(13-19)24-21(15-30)26(38)35-28(34-24)33-18-10-8-17(29)9-11-18/h2-13,20,23H,14H2,1H3,(H,32,37)(H2,33,34,35,38)/t20?,23-/m0/s1. The van der Waals surface area contributed by atoms with E-state index in [1.54, 1.807) is 67.8 Å². The number of halogens is 1. The number of anilines is 3. The van der Waals surface area contributed by atoms with Crippen molar-refractivity contribution >= 4 is 40.7 Å². The van der Waals surface area contributed by atoms with Gasteiger partial charge in [0.25, 0.3) is 5.56 Å². The minimum absolute atomic E-state index is 0.130. The van der Waals surface area contributed by atoms with Gasteiger partial charge in [-0.05, 0) is 55.0 Å². The minimum atomic E-state index is -0.881. The Labute approximate surface area is 228 Å². The second-order valence-electron chi connectivity index (χ2n) is 8.96. The van der Waals surface area contributed by atoms with Crippen molar-refractivity contribution in [2.45, 2.75) is 12.5 Å². The number of aromatic nitrogens is 3. The molecule has 3 heterocycles. The normalized spacial score (nSPS) is 16.5. The molecule has 194 valence electrons. The molecule has 4 aromatic rings. The molecule has 2 amide bonds. The zero-order valence-corrected chi connectivity index (χ0v) is 21.4. The number of nitrogens with one attached hydrogen (secondary N) is 3. The highest BCUT2D eigenvalue weighted by atomic mass is 35.5. The lowest BCUT2D eigenvalue weighted by Gasteiger charge is -2.18. The van der Waals surface area contributed by atoms with Gasteiger partial charge in [0.05, 0.1) is 17.4 Å². The van der Waals surface area contributed by atoms with Crippen molar-refractivity contribution in [3.05, 3.63) is 99.6 Å². The van der Waals surface area contributed by atoms with E-state index in [2.05, 4.69) is 25.6 Å². The van der Waals surface area contributed by atoms with Crippen LogP contribution in [0.5, 0.6) is 0 Å². The molecule has 3 N–H and O–H groups in total. The Hall–Kier alpha value is -5.01. The lowest BCUT2D eigenvalue weighted by molar-refractivity contribution is -0.135. The van der Waals surface area contributed by atoms with Crippen molar-refractivity contribution in [2.24, 2.45) is 5.92 Å². The molecule has 0 spiro atoms. The molecular formula is C28H22ClN7O3. The summed E-state index contributed by atoms with van der Waals surface area (Å²) in [5.41, 5.74) is 1.54. The van der Waals surface area contributed by atoms with Crippen LogP contribution in [0, 0.1) is 17.2 Å². The Morgan fingerprint density at radius 3 is 2.62 bits per heavy atom. The number of likely N-dealkylation sites (tertiary alicyclic amines) is 1. The van der Waals surface area contributed by atoms with Gasteiger partial charge in [0, 0.05) is 35.2 Å². The molecular weight excluding hydrogens is 518 g/mol. The Morgan fingerprint density at radius 2 is 1.90 bits per heavy atom. The fourth-order valence-electron chi connectivity index (χ4n) is 4.48. The number of nitriles is 1. The fourth-order valence-corrected chi connectivity index (χ4v) is 4.61. The summed E-state index contributed by atoms with van der Waals surface area (Å²) in [6.45, 7) is 0. The van der Waals surface area contributed by atoms with Gasteiger partial charge in [-0.1, -0.05) is 29.8 Å². The Bertz CT molecular complexity index is 1650. The first-order chi connectivity index (χ1) is 18.8. The third-order valence-corrected chi connectivity index (χ3v) is 6.71. The third-order valence-electron chi connectivity index (χ3n) is 6.46. The van der Waals surface area contributed by atoms with E-state index >= 15 is 0 Å². The summed E-state index contributed by atoms with van der Waals surface area (Å²) < 4.78 is 0. The van der Waals surface area contributed by atoms with Crippen molar-refractivity contribution in [1.82, 2.24) is 19.9 Å². The molecule has 2 atom stereocenters. The van der Waals surface area contributed by atoms with E-state index in [-0.39, 0.29) is 29.2 Å². The molecule has 0 radical (unpaired) electrons. The van der Waals surface area contributed by atoms with Crippen LogP contribution in [0.1, 0.15) is 23.7 Å². The van der Waals surface area contributed by atoms with Crippen LogP contribution < -0.4 is 16.2 Å². The molecule has 10 nitrogen and oxygen atoms in total. The number of amides is 2. The summed E-state index contributed by atoms with van der Waals surface area (Å²) in [7, 11) is 1.66. The van der Waals surface area contributed by atoms with Gasteiger partial charge >= 0.3 is 0 Å². The summed E-state index contributed by atoms with van der Waals surface area (Å²) in [5.74, 6) is -1.49. The van der Waals surface area contributed by atoms with E-state index in [0.717, 1.165) is 5.69 Å². The number of pyridine rings is 1. The number of aromatic amines is 1. The van der Waals surface area contributed by atoms with E-state index in [1.807, 2.05) is 18.2 Å². The van der Waals surface area contributed by atoms with Gasteiger partial charge < -0.3 is 15.5 Å². The molecule has 1 aliphatic heterocycles. The predicted molar refractivity (Wildman–Crippen MR) is 146 cm³/mol. The largest absolute Gasteiger partial charge is 0.336 e. The Kier molecular flexibility index (Phi) is 7.08. The van der Waals surface area contributed by atoms with E-state index in [4.69, 9.17) is 11.6 Å². The second-order valence-corrected chi connectivity index (χ2v) is 9.40. The number of H-pyrrole nitrogens is 1. The number of carbonyl (C=O) groups excluding carboxylic acids is 2. The van der Waals surface area contributed by atoms with E-state index in [9.17, 15) is 19.6 Å². The zero-order valence-electron chi connectivity index (χ0n) is 20.7. The van der Waals surface area contributed by atoms with Crippen LogP contribution in [0.25, 0.3) is 11.3 Å². The van der Waals surface area contributed by atoms with Crippen LogP contribution in [-0.4, -0.2) is 38.7 Å². The average molecular weight is 540 g/mol. The summed E-state index contributed by atoms with van der Waals surface area (Å²) in [6.07, 6.45) is 1.95. The highest BCUT2D eigenvalue weighted by molar-refractivity contribution is 6.30. The van der Waals surface area contributed by atoms with Crippen molar-refractivity contribution in [1.29, 1.82) is 5.26 Å². The quantitative estimate of drug-likeness (QED) is 0.310. The van der Waals surface area contributed by atoms with Crippen molar-refractivity contribution in [3.8, 4) is 17.3 Å². The first kappa shape index (κ1) is 25.6. The molecule has 1 saturated heterocycles. The van der Waals surface area contributed by atoms with Crippen LogP contribution in [0.2, 0.25) is 5.02 Å². The van der Waals surface area contributed by atoms with Gasteiger partial charge in [-0.15, -0.1) is 0 Å². The lowest BCUT2D eigenvalue weighted by atomic mass is 10.0. The first-order valence-corrected chi connectivity index (χ1v) is 12.4. The number of nitrogens with zero attached hydrogens (tertiary/aromatic N) is 4. The number of carbonyl (C=O) groups is 2. The molecule has 2 aromatic heterocycles. The zero-order chi connectivity index (χ0) is 27.5. The Balaban J connectivity index is 1.39. The molecule has 1 fully saturated rings. The van der Waals surface area contributed by atoms with Crippen LogP contribution in [0.4, 0.5) is 17.3 Å². The molecule has 5 rings (SSSR count). The van der Waals surface area contributed by atoms with E-state index < -0.39 is 17.4 Å². The summed E-state index contributed by atoms with van der Waals surface area (Å²) in [5, 5.41) is 16.0. The van der Waals surface area contributed by atoms with Gasteiger partial charge in [-0.2, -0.15) is 5.26 Å². The lowest BCUT2D eigenvalue weighted by Crippen LogP contribution is -2.31. The smallest absolute Gasteiger partial charge is 0.270 e.